The summed E-state index contributed by atoms with van der Waals surface area (Å²) in [6.07, 6.45) is -6.78. The van der Waals surface area contributed by atoms with E-state index in [0.29, 0.717) is 0 Å². The summed E-state index contributed by atoms with van der Waals surface area (Å²) in [6, 6.07) is 9.47. The Morgan fingerprint density at radius 2 is 1.03 bits per heavy atom. The molecule has 0 aliphatic heterocycles. The molecule has 0 aliphatic rings. The lowest BCUT2D eigenvalue weighted by Crippen LogP contribution is -2.07. The molecule has 0 saturated carbocycles. The van der Waals surface area contributed by atoms with Gasteiger partial charge in [0.25, 0.3) is 0 Å². The number of rotatable bonds is 6. The van der Waals surface area contributed by atoms with Crippen LogP contribution in [0.15, 0.2) is 58.5 Å². The minimum Gasteiger partial charge on any atom is -0.507 e. The molecule has 0 bridgehead atoms. The summed E-state index contributed by atoms with van der Waals surface area (Å²) in [6.45, 7) is 3.21. The van der Waals surface area contributed by atoms with Gasteiger partial charge in [-0.05, 0) is 60.4 Å². The van der Waals surface area contributed by atoms with E-state index >= 15 is 0 Å². The quantitative estimate of drug-likeness (QED) is 0.264. The van der Waals surface area contributed by atoms with E-state index in [1.54, 1.807) is 26.0 Å². The van der Waals surface area contributed by atoms with Gasteiger partial charge in [0.05, 0.1) is 22.5 Å². The van der Waals surface area contributed by atoms with Crippen LogP contribution in [-0.4, -0.2) is 22.6 Å². The highest BCUT2D eigenvalue weighted by Gasteiger charge is 2.32. The Hall–Kier alpha value is -3.82. The average molecular weight is 508 g/mol. The summed E-state index contributed by atoms with van der Waals surface area (Å²) >= 11 is 0. The third-order valence-electron chi connectivity index (χ3n) is 5.42. The number of halogens is 6. The standard InChI is InChI=1S/C26H22F6N2O2/c1-3-15-9-19(25(27,28)29)11-17(23(15)35)13-33-21-7-5-6-8-22(21)34-14-18-12-20(26(30,31)32)10-16(4-2)24(18)36/h5-14,35-36H,3-4H2,1-2H3. The van der Waals surface area contributed by atoms with Crippen molar-refractivity contribution in [1.82, 2.24) is 0 Å². The predicted molar refractivity (Wildman–Crippen MR) is 126 cm³/mol. The molecule has 36 heavy (non-hydrogen) atoms. The van der Waals surface area contributed by atoms with E-state index in [1.807, 2.05) is 0 Å². The molecular weight excluding hydrogens is 486 g/mol. The van der Waals surface area contributed by atoms with Crippen LogP contribution in [-0.2, 0) is 25.2 Å². The maximum absolute atomic E-state index is 13.3. The van der Waals surface area contributed by atoms with Crippen molar-refractivity contribution in [3.05, 3.63) is 81.9 Å². The lowest BCUT2D eigenvalue weighted by atomic mass is 10.0. The van der Waals surface area contributed by atoms with Gasteiger partial charge in [0, 0.05) is 23.6 Å². The summed E-state index contributed by atoms with van der Waals surface area (Å²) in [4.78, 5) is 8.30. The molecule has 10 heteroatoms. The Morgan fingerprint density at radius 3 is 1.33 bits per heavy atom. The first-order valence-electron chi connectivity index (χ1n) is 10.9. The molecule has 190 valence electrons. The lowest BCUT2D eigenvalue weighted by Gasteiger charge is -2.12. The van der Waals surface area contributed by atoms with Crippen molar-refractivity contribution in [3.8, 4) is 11.5 Å². The fraction of sp³-hybridized carbons (Fsp3) is 0.231. The molecule has 0 radical (unpaired) electrons. The van der Waals surface area contributed by atoms with Gasteiger partial charge in [-0.15, -0.1) is 0 Å². The van der Waals surface area contributed by atoms with Gasteiger partial charge in [0.1, 0.15) is 11.5 Å². The number of aryl methyl sites for hydroxylation is 2. The highest BCUT2D eigenvalue weighted by molar-refractivity contribution is 5.90. The average Bonchev–Trinajstić information content (AvgIpc) is 2.81. The van der Waals surface area contributed by atoms with E-state index in [0.717, 1.165) is 36.7 Å². The number of aromatic hydroxyl groups is 2. The molecule has 0 aromatic heterocycles. The highest BCUT2D eigenvalue weighted by Crippen LogP contribution is 2.36. The van der Waals surface area contributed by atoms with Crippen LogP contribution in [0.25, 0.3) is 0 Å². The first-order valence-corrected chi connectivity index (χ1v) is 10.9. The van der Waals surface area contributed by atoms with Gasteiger partial charge in [-0.25, -0.2) is 0 Å². The van der Waals surface area contributed by atoms with Crippen LogP contribution >= 0.6 is 0 Å². The van der Waals surface area contributed by atoms with Crippen LogP contribution in [0, 0.1) is 0 Å². The SMILES string of the molecule is CCc1cc(C(F)(F)F)cc(C=Nc2ccccc2N=Cc2cc(C(F)(F)F)cc(CC)c2O)c1O. The van der Waals surface area contributed by atoms with E-state index in [1.165, 1.54) is 12.1 Å². The summed E-state index contributed by atoms with van der Waals surface area (Å²) in [7, 11) is 0. The minimum absolute atomic E-state index is 0.101. The predicted octanol–water partition coefficient (Wildman–Crippen LogP) is 7.76. The summed E-state index contributed by atoms with van der Waals surface area (Å²) < 4.78 is 79.5. The number of nitrogens with zero attached hydrogens (tertiary/aromatic N) is 2. The zero-order valence-corrected chi connectivity index (χ0v) is 19.2. The van der Waals surface area contributed by atoms with Crippen LogP contribution in [0.3, 0.4) is 0 Å². The van der Waals surface area contributed by atoms with Gasteiger partial charge in [-0.1, -0.05) is 26.0 Å². The van der Waals surface area contributed by atoms with Crippen LogP contribution in [0.1, 0.15) is 47.2 Å². The molecule has 0 amide bonds. The van der Waals surface area contributed by atoms with Gasteiger partial charge in [0.2, 0.25) is 0 Å². The summed E-state index contributed by atoms with van der Waals surface area (Å²) in [5.74, 6) is -0.674. The van der Waals surface area contributed by atoms with E-state index in [9.17, 15) is 36.6 Å². The molecule has 0 spiro atoms. The Labute approximate surface area is 203 Å². The maximum Gasteiger partial charge on any atom is 0.416 e. The van der Waals surface area contributed by atoms with Crippen LogP contribution < -0.4 is 0 Å². The number of hydrogen-bond donors (Lipinski definition) is 2. The number of benzene rings is 3. The van der Waals surface area contributed by atoms with Crippen LogP contribution in [0.4, 0.5) is 37.7 Å². The van der Waals surface area contributed by atoms with Crippen molar-refractivity contribution < 1.29 is 36.6 Å². The number of phenolic OH excluding ortho intramolecular Hbond substituents is 2. The highest BCUT2D eigenvalue weighted by atomic mass is 19.4. The number of hydrogen-bond acceptors (Lipinski definition) is 4. The largest absolute Gasteiger partial charge is 0.507 e. The minimum atomic E-state index is -4.62. The lowest BCUT2D eigenvalue weighted by molar-refractivity contribution is -0.138. The normalized spacial score (nSPS) is 12.7. The Morgan fingerprint density at radius 1 is 0.667 bits per heavy atom. The Bertz CT molecular complexity index is 1210. The molecule has 0 atom stereocenters. The number of alkyl halides is 6. The molecule has 3 aromatic rings. The Balaban J connectivity index is 2.02. The van der Waals surface area contributed by atoms with E-state index < -0.39 is 23.5 Å². The molecule has 0 heterocycles. The third-order valence-corrected chi connectivity index (χ3v) is 5.42. The van der Waals surface area contributed by atoms with Crippen molar-refractivity contribution in [2.75, 3.05) is 0 Å². The third kappa shape index (κ3) is 6.05. The monoisotopic (exact) mass is 508 g/mol. The zero-order chi connectivity index (χ0) is 26.7. The molecule has 0 fully saturated rings. The molecule has 3 rings (SSSR count). The zero-order valence-electron chi connectivity index (χ0n) is 19.2. The maximum atomic E-state index is 13.3. The van der Waals surface area contributed by atoms with E-state index in [-0.39, 0.29) is 58.0 Å². The summed E-state index contributed by atoms with van der Waals surface area (Å²) in [5, 5.41) is 20.7. The second-order valence-corrected chi connectivity index (χ2v) is 7.85. The number of para-hydroxylation sites is 2. The molecule has 0 saturated heterocycles. The second-order valence-electron chi connectivity index (χ2n) is 7.85. The topological polar surface area (TPSA) is 65.2 Å². The van der Waals surface area contributed by atoms with Crippen molar-refractivity contribution in [3.63, 3.8) is 0 Å². The first kappa shape index (κ1) is 26.8. The molecule has 4 nitrogen and oxygen atoms in total. The van der Waals surface area contributed by atoms with Gasteiger partial charge in [0.15, 0.2) is 0 Å². The second kappa shape index (κ2) is 10.4. The van der Waals surface area contributed by atoms with Gasteiger partial charge < -0.3 is 10.2 Å². The Kier molecular flexibility index (Phi) is 7.76. The number of phenols is 2. The molecule has 0 unspecified atom stereocenters. The molecular formula is C26H22F6N2O2. The molecule has 3 aromatic carbocycles. The van der Waals surface area contributed by atoms with Crippen molar-refractivity contribution in [2.45, 2.75) is 39.0 Å². The smallest absolute Gasteiger partial charge is 0.416 e. The van der Waals surface area contributed by atoms with Crippen LogP contribution in [0.5, 0.6) is 11.5 Å². The van der Waals surface area contributed by atoms with Gasteiger partial charge >= 0.3 is 12.4 Å². The van der Waals surface area contributed by atoms with E-state index in [4.69, 9.17) is 0 Å². The van der Waals surface area contributed by atoms with Crippen molar-refractivity contribution >= 4 is 23.8 Å². The number of aliphatic imine (C=N–C) groups is 2. The molecule has 0 aliphatic carbocycles. The van der Waals surface area contributed by atoms with Gasteiger partial charge in [-0.2, -0.15) is 26.3 Å². The van der Waals surface area contributed by atoms with Crippen LogP contribution in [0.2, 0.25) is 0 Å². The van der Waals surface area contributed by atoms with E-state index in [2.05, 4.69) is 9.98 Å². The fourth-order valence-corrected chi connectivity index (χ4v) is 3.46. The first-order chi connectivity index (χ1) is 16.8. The summed E-state index contributed by atoms with van der Waals surface area (Å²) in [5.41, 5.74) is -1.59. The molecule has 2 N–H and O–H groups in total. The van der Waals surface area contributed by atoms with Crippen molar-refractivity contribution in [1.29, 1.82) is 0 Å². The van der Waals surface area contributed by atoms with Gasteiger partial charge in [-0.3, -0.25) is 9.98 Å². The fourth-order valence-electron chi connectivity index (χ4n) is 3.46. The van der Waals surface area contributed by atoms with Crippen molar-refractivity contribution in [2.24, 2.45) is 9.98 Å².